The van der Waals surface area contributed by atoms with Gasteiger partial charge >= 0.3 is 0 Å². The molecule has 106 valence electrons. The predicted molar refractivity (Wildman–Crippen MR) is 79.7 cm³/mol. The first-order valence-electron chi connectivity index (χ1n) is 7.26. The Kier molecular flexibility index (Phi) is 3.28. The minimum Gasteiger partial charge on any atom is -0.497 e. The molecule has 1 aromatic rings. The molecule has 3 aliphatic heterocycles. The highest BCUT2D eigenvalue weighted by atomic mass is 16.5. The van der Waals surface area contributed by atoms with E-state index in [0.717, 1.165) is 54.1 Å². The SMILES string of the molecule is COc1cc(C)c(/C=C2\C(=O)C3CCN2CC3)c(C)c1. The van der Waals surface area contributed by atoms with Crippen LogP contribution in [0.3, 0.4) is 0 Å². The van der Waals surface area contributed by atoms with Gasteiger partial charge < -0.3 is 9.64 Å². The second-order valence-corrected chi connectivity index (χ2v) is 5.83. The van der Waals surface area contributed by atoms with E-state index in [-0.39, 0.29) is 5.92 Å². The standard InChI is InChI=1S/C17H21NO2/c1-11-8-14(20-3)9-12(2)15(11)10-16-17(19)13-4-6-18(16)7-5-13/h8-10,13H,4-7H2,1-3H3/b16-10+. The molecular formula is C17H21NO2. The van der Waals surface area contributed by atoms with Gasteiger partial charge in [-0.3, -0.25) is 4.79 Å². The Bertz CT molecular complexity index is 558. The fraction of sp³-hybridized carbons (Fsp3) is 0.471. The van der Waals surface area contributed by atoms with Crippen LogP contribution >= 0.6 is 0 Å². The van der Waals surface area contributed by atoms with Crippen LogP contribution in [0, 0.1) is 19.8 Å². The molecule has 0 spiro atoms. The van der Waals surface area contributed by atoms with E-state index < -0.39 is 0 Å². The number of hydrogen-bond acceptors (Lipinski definition) is 3. The summed E-state index contributed by atoms with van der Waals surface area (Å²) in [5, 5.41) is 0. The number of benzene rings is 1. The first-order chi connectivity index (χ1) is 9.60. The summed E-state index contributed by atoms with van der Waals surface area (Å²) >= 11 is 0. The minimum absolute atomic E-state index is 0.255. The smallest absolute Gasteiger partial charge is 0.182 e. The van der Waals surface area contributed by atoms with Gasteiger partial charge in [0.2, 0.25) is 0 Å². The lowest BCUT2D eigenvalue weighted by atomic mass is 9.84. The molecule has 3 saturated heterocycles. The van der Waals surface area contributed by atoms with E-state index >= 15 is 0 Å². The van der Waals surface area contributed by atoms with Gasteiger partial charge in [-0.05, 0) is 61.6 Å². The highest BCUT2D eigenvalue weighted by Gasteiger charge is 2.36. The van der Waals surface area contributed by atoms with Crippen molar-refractivity contribution in [2.75, 3.05) is 20.2 Å². The summed E-state index contributed by atoms with van der Waals surface area (Å²) in [5.74, 6) is 1.46. The number of hydrogen-bond donors (Lipinski definition) is 0. The van der Waals surface area contributed by atoms with Crippen LogP contribution < -0.4 is 4.74 Å². The molecule has 3 heteroatoms. The summed E-state index contributed by atoms with van der Waals surface area (Å²) < 4.78 is 5.29. The number of Topliss-reactive ketones (excluding diaryl/α,β-unsaturated/α-hetero) is 1. The van der Waals surface area contributed by atoms with Crippen molar-refractivity contribution in [3.63, 3.8) is 0 Å². The van der Waals surface area contributed by atoms with Crippen LogP contribution in [0.1, 0.15) is 29.5 Å². The van der Waals surface area contributed by atoms with Crippen molar-refractivity contribution in [3.05, 3.63) is 34.5 Å². The molecule has 3 fully saturated rings. The quantitative estimate of drug-likeness (QED) is 0.775. The van der Waals surface area contributed by atoms with Gasteiger partial charge in [0.05, 0.1) is 12.8 Å². The molecule has 0 aromatic heterocycles. The zero-order valence-electron chi connectivity index (χ0n) is 12.4. The summed E-state index contributed by atoms with van der Waals surface area (Å²) in [7, 11) is 1.68. The number of rotatable bonds is 2. The molecular weight excluding hydrogens is 250 g/mol. The largest absolute Gasteiger partial charge is 0.497 e. The van der Waals surface area contributed by atoms with Crippen LogP contribution in [0.15, 0.2) is 17.8 Å². The van der Waals surface area contributed by atoms with Crippen LogP contribution in [0.25, 0.3) is 6.08 Å². The minimum atomic E-state index is 0.255. The number of piperidine rings is 3. The van der Waals surface area contributed by atoms with Crippen molar-refractivity contribution in [1.82, 2.24) is 4.90 Å². The van der Waals surface area contributed by atoms with Crippen molar-refractivity contribution in [3.8, 4) is 5.75 Å². The van der Waals surface area contributed by atoms with Crippen LogP contribution in [-0.4, -0.2) is 30.9 Å². The fourth-order valence-corrected chi connectivity index (χ4v) is 3.33. The second-order valence-electron chi connectivity index (χ2n) is 5.83. The number of fused-ring (bicyclic) bond motifs is 3. The van der Waals surface area contributed by atoms with Gasteiger partial charge in [-0.15, -0.1) is 0 Å². The molecule has 3 nitrogen and oxygen atoms in total. The Balaban J connectivity index is 2.02. The van der Waals surface area contributed by atoms with Gasteiger partial charge in [0.25, 0.3) is 0 Å². The van der Waals surface area contributed by atoms with Crippen LogP contribution in [-0.2, 0) is 4.79 Å². The van der Waals surface area contributed by atoms with Crippen LogP contribution in [0.4, 0.5) is 0 Å². The van der Waals surface area contributed by atoms with Crippen molar-refractivity contribution in [2.24, 2.45) is 5.92 Å². The van der Waals surface area contributed by atoms with Gasteiger partial charge in [-0.25, -0.2) is 0 Å². The molecule has 0 unspecified atom stereocenters. The zero-order valence-corrected chi connectivity index (χ0v) is 12.4. The number of ether oxygens (including phenoxy) is 1. The van der Waals surface area contributed by atoms with E-state index in [1.807, 2.05) is 12.1 Å². The Morgan fingerprint density at radius 2 is 1.80 bits per heavy atom. The maximum absolute atomic E-state index is 12.4. The summed E-state index contributed by atoms with van der Waals surface area (Å²) in [6.07, 6.45) is 4.13. The summed E-state index contributed by atoms with van der Waals surface area (Å²) in [5.41, 5.74) is 4.38. The normalized spacial score (nSPS) is 20.9. The van der Waals surface area contributed by atoms with E-state index in [9.17, 15) is 4.79 Å². The number of carbonyl (C=O) groups is 1. The fourth-order valence-electron chi connectivity index (χ4n) is 3.33. The Morgan fingerprint density at radius 1 is 1.20 bits per heavy atom. The molecule has 0 saturated carbocycles. The third-order valence-electron chi connectivity index (χ3n) is 4.54. The lowest BCUT2D eigenvalue weighted by molar-refractivity contribution is -0.125. The highest BCUT2D eigenvalue weighted by molar-refractivity contribution is 6.02. The van der Waals surface area contributed by atoms with E-state index in [2.05, 4.69) is 24.8 Å². The van der Waals surface area contributed by atoms with Gasteiger partial charge in [-0.1, -0.05) is 0 Å². The topological polar surface area (TPSA) is 29.5 Å². The first-order valence-corrected chi connectivity index (χ1v) is 7.26. The number of ketones is 1. The third-order valence-corrected chi connectivity index (χ3v) is 4.54. The van der Waals surface area contributed by atoms with Gasteiger partial charge in [0.1, 0.15) is 5.75 Å². The molecule has 0 aliphatic carbocycles. The number of aryl methyl sites for hydroxylation is 2. The maximum Gasteiger partial charge on any atom is 0.182 e. The zero-order chi connectivity index (χ0) is 14.3. The number of carbonyl (C=O) groups excluding carboxylic acids is 1. The Labute approximate surface area is 120 Å². The van der Waals surface area contributed by atoms with Gasteiger partial charge in [0.15, 0.2) is 5.78 Å². The molecule has 4 rings (SSSR count). The lowest BCUT2D eigenvalue weighted by Gasteiger charge is -2.41. The Morgan fingerprint density at radius 3 is 2.30 bits per heavy atom. The molecule has 3 aliphatic rings. The third kappa shape index (κ3) is 2.11. The van der Waals surface area contributed by atoms with E-state index in [0.29, 0.717) is 5.78 Å². The molecule has 0 N–H and O–H groups in total. The summed E-state index contributed by atoms with van der Waals surface area (Å²) in [6, 6.07) is 4.06. The monoisotopic (exact) mass is 271 g/mol. The molecule has 1 aromatic carbocycles. The van der Waals surface area contributed by atoms with Gasteiger partial charge in [-0.2, -0.15) is 0 Å². The summed E-state index contributed by atoms with van der Waals surface area (Å²) in [6.45, 7) is 6.19. The first kappa shape index (κ1) is 13.2. The molecule has 2 bridgehead atoms. The molecule has 0 radical (unpaired) electrons. The Hall–Kier alpha value is -1.77. The number of nitrogens with zero attached hydrogens (tertiary/aromatic N) is 1. The van der Waals surface area contributed by atoms with Gasteiger partial charge in [0, 0.05) is 19.0 Å². The molecule has 0 atom stereocenters. The van der Waals surface area contributed by atoms with E-state index in [1.165, 1.54) is 0 Å². The maximum atomic E-state index is 12.4. The average molecular weight is 271 g/mol. The average Bonchev–Trinajstić information content (AvgIpc) is 2.45. The lowest BCUT2D eigenvalue weighted by Crippen LogP contribution is -2.45. The van der Waals surface area contributed by atoms with Crippen LogP contribution in [0.5, 0.6) is 5.75 Å². The van der Waals surface area contributed by atoms with E-state index in [1.54, 1.807) is 7.11 Å². The van der Waals surface area contributed by atoms with Crippen molar-refractivity contribution in [1.29, 1.82) is 0 Å². The summed E-state index contributed by atoms with van der Waals surface area (Å²) in [4.78, 5) is 14.6. The molecule has 20 heavy (non-hydrogen) atoms. The number of allylic oxidation sites excluding steroid dienone is 1. The number of methoxy groups -OCH3 is 1. The van der Waals surface area contributed by atoms with Crippen LogP contribution in [0.2, 0.25) is 0 Å². The van der Waals surface area contributed by atoms with E-state index in [4.69, 9.17) is 4.74 Å². The highest BCUT2D eigenvalue weighted by Crippen LogP contribution is 2.33. The van der Waals surface area contributed by atoms with Crippen molar-refractivity contribution >= 4 is 11.9 Å². The molecule has 0 amide bonds. The predicted octanol–water partition coefficient (Wildman–Crippen LogP) is 2.95. The molecule has 3 heterocycles. The van der Waals surface area contributed by atoms with Crippen molar-refractivity contribution < 1.29 is 9.53 Å². The second kappa shape index (κ2) is 4.97. The van der Waals surface area contributed by atoms with Crippen molar-refractivity contribution in [2.45, 2.75) is 26.7 Å².